The molecule has 0 spiro atoms. The van der Waals surface area contributed by atoms with Crippen molar-refractivity contribution in [2.24, 2.45) is 5.73 Å². The average molecular weight is 264 g/mol. The second-order valence-corrected chi connectivity index (χ2v) is 4.76. The highest BCUT2D eigenvalue weighted by Crippen LogP contribution is 2.25. The molecule has 0 aliphatic rings. The van der Waals surface area contributed by atoms with Gasteiger partial charge in [0.2, 0.25) is 0 Å². The summed E-state index contributed by atoms with van der Waals surface area (Å²) in [5.41, 5.74) is 9.24. The monoisotopic (exact) mass is 263 g/mol. The van der Waals surface area contributed by atoms with Crippen LogP contribution < -0.4 is 5.73 Å². The van der Waals surface area contributed by atoms with E-state index < -0.39 is 0 Å². The summed E-state index contributed by atoms with van der Waals surface area (Å²) in [5, 5.41) is 5.14. The second-order valence-electron chi connectivity index (χ2n) is 4.38. The number of nitrogens with two attached hydrogens (primary N) is 1. The molecule has 1 aromatic heterocycles. The van der Waals surface area contributed by atoms with E-state index in [4.69, 9.17) is 17.3 Å². The molecule has 0 radical (unpaired) electrons. The molecule has 1 aromatic carbocycles. The number of nitrogens with zero attached hydrogens (tertiary/aromatic N) is 2. The van der Waals surface area contributed by atoms with Gasteiger partial charge in [-0.25, -0.2) is 0 Å². The fourth-order valence-electron chi connectivity index (χ4n) is 2.09. The molecule has 0 aliphatic carbocycles. The van der Waals surface area contributed by atoms with Gasteiger partial charge in [-0.1, -0.05) is 41.9 Å². The van der Waals surface area contributed by atoms with E-state index in [9.17, 15) is 0 Å². The van der Waals surface area contributed by atoms with Gasteiger partial charge in [-0.05, 0) is 19.4 Å². The molecule has 0 saturated carbocycles. The molecule has 2 N–H and O–H groups in total. The Balaban J connectivity index is 2.24. The van der Waals surface area contributed by atoms with Crippen LogP contribution in [0.2, 0.25) is 5.02 Å². The highest BCUT2D eigenvalue weighted by molar-refractivity contribution is 6.31. The van der Waals surface area contributed by atoms with Gasteiger partial charge in [0.15, 0.2) is 0 Å². The first-order valence-electron chi connectivity index (χ1n) is 6.15. The Morgan fingerprint density at radius 2 is 2.00 bits per heavy atom. The summed E-state index contributed by atoms with van der Waals surface area (Å²) < 4.78 is 1.93. The molecule has 0 bridgehead atoms. The lowest BCUT2D eigenvalue weighted by Gasteiger charge is -2.13. The van der Waals surface area contributed by atoms with Crippen molar-refractivity contribution >= 4 is 11.6 Å². The quantitative estimate of drug-likeness (QED) is 0.921. The molecule has 2 aromatic rings. The van der Waals surface area contributed by atoms with Crippen LogP contribution in [0.5, 0.6) is 0 Å². The highest BCUT2D eigenvalue weighted by atomic mass is 35.5. The Bertz CT molecular complexity index is 519. The number of rotatable bonds is 4. The zero-order valence-electron chi connectivity index (χ0n) is 10.7. The lowest BCUT2D eigenvalue weighted by Crippen LogP contribution is -2.16. The lowest BCUT2D eigenvalue weighted by atomic mass is 10.0. The Kier molecular flexibility index (Phi) is 4.04. The van der Waals surface area contributed by atoms with Gasteiger partial charge >= 0.3 is 0 Å². The molecular weight excluding hydrogens is 246 g/mol. The van der Waals surface area contributed by atoms with E-state index >= 15 is 0 Å². The Labute approximate surface area is 113 Å². The zero-order valence-corrected chi connectivity index (χ0v) is 11.5. The maximum Gasteiger partial charge on any atom is 0.0847 e. The third-order valence-corrected chi connectivity index (χ3v) is 3.59. The second kappa shape index (κ2) is 5.55. The minimum atomic E-state index is -0.0508. The van der Waals surface area contributed by atoms with E-state index in [1.165, 1.54) is 0 Å². The standard InChI is InChI=1S/C14H18ClN3/c1-3-18-13(14(15)10(2)17-18)9-12(16)11-7-5-4-6-8-11/h4-8,12H,3,9,16H2,1-2H3. The van der Waals surface area contributed by atoms with E-state index in [2.05, 4.69) is 12.0 Å². The van der Waals surface area contributed by atoms with Gasteiger partial charge in [0.1, 0.15) is 0 Å². The fourth-order valence-corrected chi connectivity index (χ4v) is 2.30. The number of aryl methyl sites for hydroxylation is 2. The van der Waals surface area contributed by atoms with Crippen LogP contribution in [0.25, 0.3) is 0 Å². The predicted octanol–water partition coefficient (Wildman–Crippen LogP) is 3.11. The molecule has 2 rings (SSSR count). The minimum Gasteiger partial charge on any atom is -0.324 e. The number of hydrogen-bond donors (Lipinski definition) is 1. The average Bonchev–Trinajstić information content (AvgIpc) is 2.67. The Morgan fingerprint density at radius 1 is 1.33 bits per heavy atom. The maximum absolute atomic E-state index is 6.29. The van der Waals surface area contributed by atoms with E-state index in [-0.39, 0.29) is 6.04 Å². The molecule has 18 heavy (non-hydrogen) atoms. The summed E-state index contributed by atoms with van der Waals surface area (Å²) in [6.07, 6.45) is 0.706. The van der Waals surface area contributed by atoms with Crippen molar-refractivity contribution in [2.45, 2.75) is 32.9 Å². The van der Waals surface area contributed by atoms with Crippen LogP contribution in [-0.2, 0) is 13.0 Å². The van der Waals surface area contributed by atoms with Crippen LogP contribution in [0.4, 0.5) is 0 Å². The van der Waals surface area contributed by atoms with Crippen LogP contribution in [-0.4, -0.2) is 9.78 Å². The van der Waals surface area contributed by atoms with Gasteiger partial charge in [0.05, 0.1) is 16.4 Å². The predicted molar refractivity (Wildman–Crippen MR) is 74.7 cm³/mol. The molecule has 1 atom stereocenters. The number of aromatic nitrogens is 2. The van der Waals surface area contributed by atoms with Gasteiger partial charge < -0.3 is 5.73 Å². The molecular formula is C14H18ClN3. The summed E-state index contributed by atoms with van der Waals surface area (Å²) in [5.74, 6) is 0. The molecule has 96 valence electrons. The number of halogens is 1. The SMILES string of the molecule is CCn1nc(C)c(Cl)c1CC(N)c1ccccc1. The first kappa shape index (κ1) is 13.1. The van der Waals surface area contributed by atoms with Gasteiger partial charge in [-0.15, -0.1) is 0 Å². The van der Waals surface area contributed by atoms with Crippen LogP contribution in [0.1, 0.15) is 29.9 Å². The van der Waals surface area contributed by atoms with Gasteiger partial charge in [0.25, 0.3) is 0 Å². The topological polar surface area (TPSA) is 43.8 Å². The molecule has 0 amide bonds. The van der Waals surface area contributed by atoms with Gasteiger partial charge in [-0.2, -0.15) is 5.10 Å². The maximum atomic E-state index is 6.29. The van der Waals surface area contributed by atoms with Crippen LogP contribution in [0, 0.1) is 6.92 Å². The van der Waals surface area contributed by atoms with Crippen molar-refractivity contribution in [1.82, 2.24) is 9.78 Å². The summed E-state index contributed by atoms with van der Waals surface area (Å²) in [6, 6.07) is 10.0. The summed E-state index contributed by atoms with van der Waals surface area (Å²) in [6.45, 7) is 4.79. The van der Waals surface area contributed by atoms with Crippen molar-refractivity contribution < 1.29 is 0 Å². The van der Waals surface area contributed by atoms with Gasteiger partial charge in [-0.3, -0.25) is 4.68 Å². The van der Waals surface area contributed by atoms with Crippen LogP contribution in [0.15, 0.2) is 30.3 Å². The molecule has 1 heterocycles. The minimum absolute atomic E-state index is 0.0508. The highest BCUT2D eigenvalue weighted by Gasteiger charge is 2.16. The summed E-state index contributed by atoms with van der Waals surface area (Å²) in [4.78, 5) is 0. The Morgan fingerprint density at radius 3 is 2.61 bits per heavy atom. The molecule has 1 unspecified atom stereocenters. The number of benzene rings is 1. The number of hydrogen-bond acceptors (Lipinski definition) is 2. The third kappa shape index (κ3) is 2.57. The van der Waals surface area contributed by atoms with Gasteiger partial charge in [0, 0.05) is 19.0 Å². The van der Waals surface area contributed by atoms with E-state index in [1.807, 2.05) is 41.9 Å². The Hall–Kier alpha value is -1.32. The third-order valence-electron chi connectivity index (χ3n) is 3.09. The molecule has 3 nitrogen and oxygen atoms in total. The largest absolute Gasteiger partial charge is 0.324 e. The van der Waals surface area contributed by atoms with E-state index in [0.717, 1.165) is 28.5 Å². The van der Waals surface area contributed by atoms with Crippen molar-refractivity contribution in [2.75, 3.05) is 0 Å². The molecule has 4 heteroatoms. The van der Waals surface area contributed by atoms with Crippen molar-refractivity contribution in [3.05, 3.63) is 52.3 Å². The fraction of sp³-hybridized carbons (Fsp3) is 0.357. The van der Waals surface area contributed by atoms with E-state index in [1.54, 1.807) is 0 Å². The van der Waals surface area contributed by atoms with Crippen molar-refractivity contribution in [1.29, 1.82) is 0 Å². The van der Waals surface area contributed by atoms with Crippen molar-refractivity contribution in [3.8, 4) is 0 Å². The smallest absolute Gasteiger partial charge is 0.0847 e. The van der Waals surface area contributed by atoms with Crippen LogP contribution >= 0.6 is 11.6 Å². The summed E-state index contributed by atoms with van der Waals surface area (Å²) >= 11 is 6.29. The lowest BCUT2D eigenvalue weighted by molar-refractivity contribution is 0.587. The molecule has 0 saturated heterocycles. The zero-order chi connectivity index (χ0) is 13.1. The van der Waals surface area contributed by atoms with Crippen molar-refractivity contribution in [3.63, 3.8) is 0 Å². The first-order valence-corrected chi connectivity index (χ1v) is 6.53. The van der Waals surface area contributed by atoms with Crippen LogP contribution in [0.3, 0.4) is 0 Å². The molecule has 0 aliphatic heterocycles. The van der Waals surface area contributed by atoms with E-state index in [0.29, 0.717) is 6.42 Å². The normalized spacial score (nSPS) is 12.7. The molecule has 0 fully saturated rings. The first-order chi connectivity index (χ1) is 8.63. The summed E-state index contributed by atoms with van der Waals surface area (Å²) in [7, 11) is 0.